The van der Waals surface area contributed by atoms with Crippen LogP contribution in [0.25, 0.3) is 11.1 Å². The summed E-state index contributed by atoms with van der Waals surface area (Å²) in [6, 6.07) is 24.7. The number of anilines is 2. The summed E-state index contributed by atoms with van der Waals surface area (Å²) in [6.07, 6.45) is 0. The summed E-state index contributed by atoms with van der Waals surface area (Å²) in [6.45, 7) is 2.78. The molecule has 3 aromatic carbocycles. The monoisotopic (exact) mass is 357 g/mol. The Morgan fingerprint density at radius 2 is 1.74 bits per heavy atom. The molecule has 136 valence electrons. The Hall–Kier alpha value is -3.58. The molecule has 0 spiro atoms. The molecule has 3 rings (SSSR count). The van der Waals surface area contributed by atoms with Crippen molar-refractivity contribution in [1.82, 2.24) is 0 Å². The van der Waals surface area contributed by atoms with E-state index in [0.717, 1.165) is 23.4 Å². The minimum absolute atomic E-state index is 0. The normalized spacial score (nSPS) is 9.63. The van der Waals surface area contributed by atoms with Crippen LogP contribution >= 0.6 is 0 Å². The topological polar surface area (TPSA) is 64.9 Å². The lowest BCUT2D eigenvalue weighted by Crippen LogP contribution is -2.13. The highest BCUT2D eigenvalue weighted by Crippen LogP contribution is 2.26. The minimum atomic E-state index is -0.244. The highest BCUT2D eigenvalue weighted by Gasteiger charge is 2.11. The zero-order chi connectivity index (χ0) is 18.4. The van der Waals surface area contributed by atoms with Crippen LogP contribution in [0.4, 0.5) is 11.4 Å². The van der Waals surface area contributed by atoms with Crippen LogP contribution in [0.2, 0.25) is 0 Å². The SMILES string of the molecule is C.CCNc1cccc(C(=O)Nc2cc(-c3ccccc3)ccc2C#N)c1. The van der Waals surface area contributed by atoms with Gasteiger partial charge in [-0.1, -0.05) is 49.9 Å². The van der Waals surface area contributed by atoms with Crippen LogP contribution in [0.15, 0.2) is 72.8 Å². The molecule has 0 aliphatic rings. The van der Waals surface area contributed by atoms with Crippen molar-refractivity contribution in [2.45, 2.75) is 14.4 Å². The number of carbonyl (C=O) groups excluding carboxylic acids is 1. The third-order valence-electron chi connectivity index (χ3n) is 4.00. The minimum Gasteiger partial charge on any atom is -0.385 e. The van der Waals surface area contributed by atoms with Gasteiger partial charge in [0, 0.05) is 17.8 Å². The molecular weight excluding hydrogens is 334 g/mol. The van der Waals surface area contributed by atoms with Crippen molar-refractivity contribution in [1.29, 1.82) is 5.26 Å². The number of amides is 1. The third-order valence-corrected chi connectivity index (χ3v) is 4.00. The third kappa shape index (κ3) is 4.74. The largest absolute Gasteiger partial charge is 0.385 e. The smallest absolute Gasteiger partial charge is 0.255 e. The van der Waals surface area contributed by atoms with Crippen molar-refractivity contribution in [2.75, 3.05) is 17.2 Å². The molecule has 0 fully saturated rings. The quantitative estimate of drug-likeness (QED) is 0.629. The number of nitrogens with zero attached hydrogens (tertiary/aromatic N) is 1. The summed E-state index contributed by atoms with van der Waals surface area (Å²) in [5, 5.41) is 15.4. The molecule has 4 nitrogen and oxygen atoms in total. The summed E-state index contributed by atoms with van der Waals surface area (Å²) in [7, 11) is 0. The van der Waals surface area contributed by atoms with E-state index in [-0.39, 0.29) is 13.3 Å². The van der Waals surface area contributed by atoms with Crippen molar-refractivity contribution in [2.24, 2.45) is 0 Å². The lowest BCUT2D eigenvalue weighted by atomic mass is 10.0. The van der Waals surface area contributed by atoms with Crippen LogP contribution in [0, 0.1) is 11.3 Å². The molecule has 3 aromatic rings. The van der Waals surface area contributed by atoms with Gasteiger partial charge in [-0.05, 0) is 48.4 Å². The Kier molecular flexibility index (Phi) is 6.73. The van der Waals surface area contributed by atoms with Crippen LogP contribution in [0.5, 0.6) is 0 Å². The van der Waals surface area contributed by atoms with Crippen LogP contribution in [-0.2, 0) is 0 Å². The molecule has 0 saturated heterocycles. The van der Waals surface area contributed by atoms with Crippen molar-refractivity contribution >= 4 is 17.3 Å². The second-order valence-electron chi connectivity index (χ2n) is 5.80. The van der Waals surface area contributed by atoms with E-state index in [1.807, 2.05) is 61.5 Å². The maximum absolute atomic E-state index is 12.6. The summed E-state index contributed by atoms with van der Waals surface area (Å²) < 4.78 is 0. The summed E-state index contributed by atoms with van der Waals surface area (Å²) in [5.74, 6) is -0.244. The van der Waals surface area contributed by atoms with E-state index >= 15 is 0 Å². The fourth-order valence-corrected chi connectivity index (χ4v) is 2.72. The molecule has 0 heterocycles. The van der Waals surface area contributed by atoms with Gasteiger partial charge >= 0.3 is 0 Å². The Morgan fingerprint density at radius 1 is 0.963 bits per heavy atom. The van der Waals surface area contributed by atoms with Crippen molar-refractivity contribution in [3.63, 3.8) is 0 Å². The first-order valence-electron chi connectivity index (χ1n) is 8.46. The predicted molar refractivity (Wildman–Crippen MR) is 112 cm³/mol. The van der Waals surface area contributed by atoms with Gasteiger partial charge < -0.3 is 10.6 Å². The average Bonchev–Trinajstić information content (AvgIpc) is 2.69. The average molecular weight is 357 g/mol. The van der Waals surface area contributed by atoms with E-state index in [1.165, 1.54) is 0 Å². The van der Waals surface area contributed by atoms with Crippen LogP contribution in [0.3, 0.4) is 0 Å². The first kappa shape index (κ1) is 19.7. The second kappa shape index (κ2) is 9.21. The molecule has 2 N–H and O–H groups in total. The molecule has 0 aromatic heterocycles. The first-order valence-corrected chi connectivity index (χ1v) is 8.46. The molecule has 0 radical (unpaired) electrons. The number of nitrogens with one attached hydrogen (secondary N) is 2. The van der Waals surface area contributed by atoms with Gasteiger partial charge in [0.15, 0.2) is 0 Å². The highest BCUT2D eigenvalue weighted by atomic mass is 16.1. The van der Waals surface area contributed by atoms with Gasteiger partial charge in [-0.25, -0.2) is 0 Å². The van der Waals surface area contributed by atoms with Crippen molar-refractivity contribution < 1.29 is 4.79 Å². The molecule has 0 unspecified atom stereocenters. The molecule has 1 amide bonds. The number of nitriles is 1. The fourth-order valence-electron chi connectivity index (χ4n) is 2.72. The van der Waals surface area contributed by atoms with Gasteiger partial charge in [-0.2, -0.15) is 5.26 Å². The Morgan fingerprint density at radius 3 is 2.44 bits per heavy atom. The molecule has 27 heavy (non-hydrogen) atoms. The Bertz CT molecular complexity index is 959. The van der Waals surface area contributed by atoms with E-state index in [1.54, 1.807) is 18.2 Å². The van der Waals surface area contributed by atoms with Gasteiger partial charge in [0.2, 0.25) is 0 Å². The van der Waals surface area contributed by atoms with E-state index in [0.29, 0.717) is 16.8 Å². The van der Waals surface area contributed by atoms with Gasteiger partial charge in [-0.3, -0.25) is 4.79 Å². The van der Waals surface area contributed by atoms with Crippen LogP contribution in [-0.4, -0.2) is 12.5 Å². The number of hydrogen-bond donors (Lipinski definition) is 2. The summed E-state index contributed by atoms with van der Waals surface area (Å²) in [4.78, 5) is 12.6. The standard InChI is InChI=1S/C22H19N3O.CH4/c1-2-24-20-10-6-9-18(13-20)22(26)25-21-14-17(11-12-19(21)15-23)16-7-4-3-5-8-16;/h3-14,24H,2H2,1H3,(H,25,26);1H4. The van der Waals surface area contributed by atoms with Gasteiger partial charge in [0.25, 0.3) is 5.91 Å². The Labute approximate surface area is 160 Å². The Balaban J connectivity index is 0.00000261. The maximum Gasteiger partial charge on any atom is 0.255 e. The lowest BCUT2D eigenvalue weighted by Gasteiger charge is -2.11. The van der Waals surface area contributed by atoms with E-state index < -0.39 is 0 Å². The predicted octanol–water partition coefficient (Wildman–Crippen LogP) is 5.55. The number of hydrogen-bond acceptors (Lipinski definition) is 3. The van der Waals surface area contributed by atoms with E-state index in [2.05, 4.69) is 16.7 Å². The van der Waals surface area contributed by atoms with Gasteiger partial charge in [0.1, 0.15) is 6.07 Å². The van der Waals surface area contributed by atoms with E-state index in [9.17, 15) is 10.1 Å². The molecule has 0 atom stereocenters. The van der Waals surface area contributed by atoms with E-state index in [4.69, 9.17) is 0 Å². The van der Waals surface area contributed by atoms with Crippen LogP contribution in [0.1, 0.15) is 30.3 Å². The molecule has 0 aliphatic heterocycles. The van der Waals surface area contributed by atoms with Gasteiger partial charge in [-0.15, -0.1) is 0 Å². The van der Waals surface area contributed by atoms with Crippen LogP contribution < -0.4 is 10.6 Å². The second-order valence-corrected chi connectivity index (χ2v) is 5.80. The van der Waals surface area contributed by atoms with Gasteiger partial charge in [0.05, 0.1) is 11.3 Å². The molecule has 0 aliphatic carbocycles. The lowest BCUT2D eigenvalue weighted by molar-refractivity contribution is 0.102. The molecular formula is C23H23N3O. The molecule has 4 heteroatoms. The molecule has 0 saturated carbocycles. The first-order chi connectivity index (χ1) is 12.7. The number of carbonyl (C=O) groups is 1. The number of benzene rings is 3. The van der Waals surface area contributed by atoms with Crippen molar-refractivity contribution in [3.05, 3.63) is 83.9 Å². The fraction of sp³-hybridized carbons (Fsp3) is 0.130. The van der Waals surface area contributed by atoms with Crippen molar-refractivity contribution in [3.8, 4) is 17.2 Å². The zero-order valence-corrected chi connectivity index (χ0v) is 14.5. The summed E-state index contributed by atoms with van der Waals surface area (Å²) in [5.41, 5.74) is 4.34. The number of rotatable bonds is 5. The zero-order valence-electron chi connectivity index (χ0n) is 14.5. The molecule has 0 bridgehead atoms. The maximum atomic E-state index is 12.6. The summed E-state index contributed by atoms with van der Waals surface area (Å²) >= 11 is 0. The highest BCUT2D eigenvalue weighted by molar-refractivity contribution is 6.05.